The van der Waals surface area contributed by atoms with Crippen LogP contribution >= 0.6 is 0 Å². The van der Waals surface area contributed by atoms with E-state index in [1.807, 2.05) is 13.0 Å². The number of benzene rings is 1. The predicted octanol–water partition coefficient (Wildman–Crippen LogP) is 3.51. The number of aryl methyl sites for hydroxylation is 1. The van der Waals surface area contributed by atoms with Crippen molar-refractivity contribution in [3.05, 3.63) is 65.3 Å². The molecule has 6 heteroatoms. The van der Waals surface area contributed by atoms with Gasteiger partial charge in [-0.15, -0.1) is 0 Å². The molecule has 130 valence electrons. The molecule has 0 saturated carbocycles. The highest BCUT2D eigenvalue weighted by Gasteiger charge is 2.18. The minimum absolute atomic E-state index is 0.164. The Morgan fingerprint density at radius 1 is 1.31 bits per heavy atom. The van der Waals surface area contributed by atoms with Crippen LogP contribution in [0.3, 0.4) is 0 Å². The molecule has 1 aromatic carbocycles. The monoisotopic (exact) mass is 349 g/mol. The lowest BCUT2D eigenvalue weighted by atomic mass is 10.0. The van der Waals surface area contributed by atoms with Gasteiger partial charge >= 0.3 is 0 Å². The van der Waals surface area contributed by atoms with E-state index in [4.69, 9.17) is 0 Å². The topological polar surface area (TPSA) is 75.1 Å². The van der Waals surface area contributed by atoms with Gasteiger partial charge in [-0.05, 0) is 43.2 Å². The molecule has 1 amide bonds. The fraction of sp³-hybridized carbons (Fsp3) is 0.150. The Labute approximate surface area is 149 Å². The average Bonchev–Trinajstić information content (AvgIpc) is 3.48. The van der Waals surface area contributed by atoms with Crippen molar-refractivity contribution in [3.8, 4) is 11.3 Å². The molecule has 2 aromatic heterocycles. The maximum atomic E-state index is 13.6. The van der Waals surface area contributed by atoms with Crippen molar-refractivity contribution in [2.75, 3.05) is 5.32 Å². The van der Waals surface area contributed by atoms with Gasteiger partial charge in [-0.3, -0.25) is 4.79 Å². The number of nitrogens with zero attached hydrogens (tertiary/aromatic N) is 2. The van der Waals surface area contributed by atoms with Gasteiger partial charge < -0.3 is 10.4 Å². The van der Waals surface area contributed by atoms with Gasteiger partial charge in [0, 0.05) is 28.1 Å². The molecule has 0 aliphatic heterocycles. The first-order valence-corrected chi connectivity index (χ1v) is 8.22. The lowest BCUT2D eigenvalue weighted by Gasteiger charge is -2.11. The van der Waals surface area contributed by atoms with Crippen LogP contribution in [0.5, 0.6) is 0 Å². The molecule has 1 aliphatic carbocycles. The van der Waals surface area contributed by atoms with Crippen molar-refractivity contribution in [2.45, 2.75) is 20.0 Å². The van der Waals surface area contributed by atoms with Gasteiger partial charge in [0.1, 0.15) is 11.6 Å². The summed E-state index contributed by atoms with van der Waals surface area (Å²) in [5, 5.41) is 13.9. The highest BCUT2D eigenvalue weighted by Crippen LogP contribution is 2.29. The van der Waals surface area contributed by atoms with Crippen molar-refractivity contribution >= 4 is 22.5 Å². The third-order valence-electron chi connectivity index (χ3n) is 4.36. The number of aliphatic hydroxyl groups is 1. The predicted molar refractivity (Wildman–Crippen MR) is 96.9 cm³/mol. The molecule has 4 rings (SSSR count). The van der Waals surface area contributed by atoms with Gasteiger partial charge in [-0.1, -0.05) is 12.1 Å². The number of carbonyl (C=O) groups is 1. The Bertz CT molecular complexity index is 1080. The number of halogens is 1. The smallest absolute Gasteiger partial charge is 0.252 e. The fourth-order valence-electron chi connectivity index (χ4n) is 2.85. The number of aromatic nitrogens is 2. The molecule has 1 aliphatic rings. The summed E-state index contributed by atoms with van der Waals surface area (Å²) < 4.78 is 13.6. The van der Waals surface area contributed by atoms with E-state index < -0.39 is 0 Å². The van der Waals surface area contributed by atoms with E-state index in [-0.39, 0.29) is 18.3 Å². The number of fused-ring (bicyclic) bond motifs is 1. The van der Waals surface area contributed by atoms with Gasteiger partial charge in [-0.2, -0.15) is 0 Å². The molecule has 0 saturated heterocycles. The van der Waals surface area contributed by atoms with Crippen LogP contribution in [0.1, 0.15) is 17.7 Å². The molecular formula is C20H16FN3O2. The first-order chi connectivity index (χ1) is 12.5. The van der Waals surface area contributed by atoms with Crippen molar-refractivity contribution in [1.82, 2.24) is 9.97 Å². The van der Waals surface area contributed by atoms with Crippen LogP contribution < -0.4 is 5.32 Å². The van der Waals surface area contributed by atoms with Crippen LogP contribution in [0.4, 0.5) is 10.2 Å². The molecule has 0 bridgehead atoms. The average molecular weight is 349 g/mol. The van der Waals surface area contributed by atoms with Crippen LogP contribution in [0, 0.1) is 12.7 Å². The second-order valence-electron chi connectivity index (χ2n) is 6.25. The van der Waals surface area contributed by atoms with Gasteiger partial charge in [0.15, 0.2) is 0 Å². The maximum absolute atomic E-state index is 13.6. The Hall–Kier alpha value is -3.12. The summed E-state index contributed by atoms with van der Waals surface area (Å²) in [4.78, 5) is 20.6. The van der Waals surface area contributed by atoms with Crippen molar-refractivity contribution < 1.29 is 14.3 Å². The molecule has 0 fully saturated rings. The summed E-state index contributed by atoms with van der Waals surface area (Å²) >= 11 is 0. The van der Waals surface area contributed by atoms with Gasteiger partial charge in [-0.25, -0.2) is 14.4 Å². The van der Waals surface area contributed by atoms with Crippen LogP contribution in [-0.4, -0.2) is 21.0 Å². The summed E-state index contributed by atoms with van der Waals surface area (Å²) in [6.07, 6.45) is 4.16. The minimum Gasteiger partial charge on any atom is -0.390 e. The number of carbonyl (C=O) groups excluding carboxylic acids is 1. The van der Waals surface area contributed by atoms with E-state index in [0.717, 1.165) is 16.5 Å². The number of amides is 1. The highest BCUT2D eigenvalue weighted by atomic mass is 19.1. The van der Waals surface area contributed by atoms with Crippen LogP contribution in [0.15, 0.2) is 48.2 Å². The number of hydrogen-bond acceptors (Lipinski definition) is 4. The number of hydrogen-bond donors (Lipinski definition) is 2. The SMILES string of the molecule is Cc1ccc(F)cc1-c1cc2cnc(NC(=O)C3=CC3)cc2c(CO)n1. The summed E-state index contributed by atoms with van der Waals surface area (Å²) in [6, 6.07) is 8.02. The first-order valence-electron chi connectivity index (χ1n) is 8.22. The molecule has 5 nitrogen and oxygen atoms in total. The summed E-state index contributed by atoms with van der Waals surface area (Å²) in [7, 11) is 0. The Morgan fingerprint density at radius 2 is 2.12 bits per heavy atom. The zero-order valence-electron chi connectivity index (χ0n) is 14.1. The van der Waals surface area contributed by atoms with E-state index in [1.165, 1.54) is 12.1 Å². The van der Waals surface area contributed by atoms with E-state index in [1.54, 1.807) is 24.4 Å². The maximum Gasteiger partial charge on any atom is 0.252 e. The molecule has 3 aromatic rings. The fourth-order valence-corrected chi connectivity index (χ4v) is 2.85. The summed E-state index contributed by atoms with van der Waals surface area (Å²) in [6.45, 7) is 1.60. The zero-order valence-corrected chi connectivity index (χ0v) is 14.1. The second kappa shape index (κ2) is 6.31. The largest absolute Gasteiger partial charge is 0.390 e. The van der Waals surface area contributed by atoms with E-state index in [0.29, 0.717) is 34.6 Å². The molecule has 0 unspecified atom stereocenters. The van der Waals surface area contributed by atoms with E-state index in [9.17, 15) is 14.3 Å². The molecule has 26 heavy (non-hydrogen) atoms. The number of pyridine rings is 2. The number of aliphatic hydroxyl groups excluding tert-OH is 1. The number of nitrogens with one attached hydrogen (secondary N) is 1. The van der Waals surface area contributed by atoms with E-state index >= 15 is 0 Å². The van der Waals surface area contributed by atoms with Crippen LogP contribution in [0.25, 0.3) is 22.0 Å². The van der Waals surface area contributed by atoms with Crippen molar-refractivity contribution in [3.63, 3.8) is 0 Å². The lowest BCUT2D eigenvalue weighted by Crippen LogP contribution is -2.11. The number of allylic oxidation sites excluding steroid dienone is 1. The number of anilines is 1. The third-order valence-corrected chi connectivity index (χ3v) is 4.36. The van der Waals surface area contributed by atoms with Crippen molar-refractivity contribution in [2.24, 2.45) is 0 Å². The standard InChI is InChI=1S/C20H16FN3O2/c1-11-2-5-14(21)7-15(11)17-6-13-9-22-19(24-20(26)12-3-4-12)8-16(13)18(10-25)23-17/h2-3,5-9,25H,4,10H2,1H3,(H,22,24,26). The quantitative estimate of drug-likeness (QED) is 0.756. The van der Waals surface area contributed by atoms with Gasteiger partial charge in [0.25, 0.3) is 5.91 Å². The summed E-state index contributed by atoms with van der Waals surface area (Å²) in [5.74, 6) is -0.104. The normalized spacial score (nSPS) is 12.8. The second-order valence-corrected chi connectivity index (χ2v) is 6.25. The minimum atomic E-state index is -0.344. The third kappa shape index (κ3) is 3.07. The zero-order chi connectivity index (χ0) is 18.3. The molecule has 2 heterocycles. The van der Waals surface area contributed by atoms with Crippen LogP contribution in [-0.2, 0) is 11.4 Å². The highest BCUT2D eigenvalue weighted by molar-refractivity contribution is 6.07. The Balaban J connectivity index is 1.79. The molecule has 0 radical (unpaired) electrons. The van der Waals surface area contributed by atoms with Crippen LogP contribution in [0.2, 0.25) is 0 Å². The Morgan fingerprint density at radius 3 is 2.85 bits per heavy atom. The first kappa shape index (κ1) is 16.4. The molecule has 0 spiro atoms. The van der Waals surface area contributed by atoms with Gasteiger partial charge in [0.05, 0.1) is 18.0 Å². The Kier molecular flexibility index (Phi) is 3.97. The van der Waals surface area contributed by atoms with Gasteiger partial charge in [0.2, 0.25) is 0 Å². The molecule has 2 N–H and O–H groups in total. The molecule has 0 atom stereocenters. The van der Waals surface area contributed by atoms with Crippen molar-refractivity contribution in [1.29, 1.82) is 0 Å². The summed E-state index contributed by atoms with van der Waals surface area (Å²) in [5.41, 5.74) is 3.31. The van der Waals surface area contributed by atoms with E-state index in [2.05, 4.69) is 15.3 Å². The molecular weight excluding hydrogens is 333 g/mol. The number of rotatable bonds is 4. The lowest BCUT2D eigenvalue weighted by molar-refractivity contribution is -0.112.